The monoisotopic (exact) mass is 210 g/mol. The zero-order chi connectivity index (χ0) is 11.6. The lowest BCUT2D eigenvalue weighted by atomic mass is 9.89. The maximum Gasteiger partial charge on any atom is 0.0683 e. The summed E-state index contributed by atoms with van der Waals surface area (Å²) in [6.07, 6.45) is 7.27. The third kappa shape index (κ3) is 9.75. The lowest BCUT2D eigenvalue weighted by Crippen LogP contribution is -2.17. The predicted octanol–water partition coefficient (Wildman–Crippen LogP) is 3.49. The number of hydrogen-bond acceptors (Lipinski definition) is 2. The first-order chi connectivity index (χ1) is 7.12. The molecule has 0 spiro atoms. The molecular weight excluding hydrogens is 184 g/mol. The van der Waals surface area contributed by atoms with Gasteiger partial charge in [0.2, 0.25) is 0 Å². The Balaban J connectivity index is 3.16. The summed E-state index contributed by atoms with van der Waals surface area (Å²) in [6.45, 7) is 8.51. The Morgan fingerprint density at radius 2 is 1.67 bits per heavy atom. The van der Waals surface area contributed by atoms with E-state index < -0.39 is 0 Å². The standard InChI is InChI=1S/C13H26N2/c1-4-5-7-10-15-11-8-6-9-13(2,3)12-14/h15H,4-11H2,1-3H3. The van der Waals surface area contributed by atoms with Gasteiger partial charge in [-0.25, -0.2) is 0 Å². The van der Waals surface area contributed by atoms with E-state index in [1.807, 2.05) is 13.8 Å². The average molecular weight is 210 g/mol. The Hall–Kier alpha value is -0.550. The Bertz CT molecular complexity index is 179. The maximum absolute atomic E-state index is 8.83. The van der Waals surface area contributed by atoms with Gasteiger partial charge in [-0.05, 0) is 46.2 Å². The van der Waals surface area contributed by atoms with Crippen LogP contribution in [0.5, 0.6) is 0 Å². The van der Waals surface area contributed by atoms with Gasteiger partial charge in [-0.3, -0.25) is 0 Å². The second-order valence-corrected chi connectivity index (χ2v) is 4.91. The van der Waals surface area contributed by atoms with Gasteiger partial charge in [0.25, 0.3) is 0 Å². The number of rotatable bonds is 9. The second-order valence-electron chi connectivity index (χ2n) is 4.91. The van der Waals surface area contributed by atoms with Gasteiger partial charge in [0.15, 0.2) is 0 Å². The van der Waals surface area contributed by atoms with Gasteiger partial charge in [0, 0.05) is 0 Å². The van der Waals surface area contributed by atoms with E-state index in [4.69, 9.17) is 5.26 Å². The summed E-state index contributed by atoms with van der Waals surface area (Å²) in [5.41, 5.74) is -0.137. The van der Waals surface area contributed by atoms with Crippen molar-refractivity contribution < 1.29 is 0 Å². The summed E-state index contributed by atoms with van der Waals surface area (Å²) in [5, 5.41) is 12.3. The van der Waals surface area contributed by atoms with E-state index in [2.05, 4.69) is 18.3 Å². The van der Waals surface area contributed by atoms with Crippen LogP contribution in [0.25, 0.3) is 0 Å². The summed E-state index contributed by atoms with van der Waals surface area (Å²) in [5.74, 6) is 0. The van der Waals surface area contributed by atoms with Gasteiger partial charge in [0.1, 0.15) is 0 Å². The molecule has 0 rings (SSSR count). The minimum Gasteiger partial charge on any atom is -0.317 e. The number of nitriles is 1. The number of hydrogen-bond donors (Lipinski definition) is 1. The first kappa shape index (κ1) is 14.5. The Morgan fingerprint density at radius 3 is 2.20 bits per heavy atom. The van der Waals surface area contributed by atoms with Crippen molar-refractivity contribution in [2.24, 2.45) is 5.41 Å². The molecule has 0 aliphatic heterocycles. The van der Waals surface area contributed by atoms with E-state index in [1.165, 1.54) is 25.7 Å². The molecule has 15 heavy (non-hydrogen) atoms. The first-order valence-corrected chi connectivity index (χ1v) is 6.24. The third-order valence-corrected chi connectivity index (χ3v) is 2.67. The second kappa shape index (κ2) is 8.73. The molecule has 0 heterocycles. The fourth-order valence-corrected chi connectivity index (χ4v) is 1.50. The van der Waals surface area contributed by atoms with E-state index in [1.54, 1.807) is 0 Å². The Kier molecular flexibility index (Phi) is 8.41. The lowest BCUT2D eigenvalue weighted by molar-refractivity contribution is 0.422. The lowest BCUT2D eigenvalue weighted by Gasteiger charge is -2.14. The topological polar surface area (TPSA) is 35.8 Å². The van der Waals surface area contributed by atoms with Crippen LogP contribution in [0.2, 0.25) is 0 Å². The molecule has 0 fully saturated rings. The fourth-order valence-electron chi connectivity index (χ4n) is 1.50. The minimum atomic E-state index is -0.137. The molecule has 0 saturated heterocycles. The van der Waals surface area contributed by atoms with Crippen LogP contribution in [0.15, 0.2) is 0 Å². The predicted molar refractivity (Wildman–Crippen MR) is 65.6 cm³/mol. The molecule has 0 aromatic carbocycles. The summed E-state index contributed by atoms with van der Waals surface area (Å²) in [4.78, 5) is 0. The van der Waals surface area contributed by atoms with E-state index in [0.29, 0.717) is 0 Å². The Labute approximate surface area is 95.1 Å². The van der Waals surface area contributed by atoms with E-state index >= 15 is 0 Å². The Morgan fingerprint density at radius 1 is 1.07 bits per heavy atom. The van der Waals surface area contributed by atoms with Gasteiger partial charge in [-0.1, -0.05) is 26.2 Å². The zero-order valence-electron chi connectivity index (χ0n) is 10.6. The number of nitrogens with one attached hydrogen (secondary N) is 1. The van der Waals surface area contributed by atoms with Crippen molar-refractivity contribution in [2.75, 3.05) is 13.1 Å². The van der Waals surface area contributed by atoms with Gasteiger partial charge >= 0.3 is 0 Å². The SMILES string of the molecule is CCCCCNCCCCC(C)(C)C#N. The molecule has 0 atom stereocenters. The molecule has 0 aromatic rings. The van der Waals surface area contributed by atoms with Crippen LogP contribution in [0.3, 0.4) is 0 Å². The highest BCUT2D eigenvalue weighted by Gasteiger charge is 2.14. The maximum atomic E-state index is 8.83. The molecule has 0 aliphatic carbocycles. The van der Waals surface area contributed by atoms with Crippen LogP contribution in [0.1, 0.15) is 59.3 Å². The van der Waals surface area contributed by atoms with Gasteiger partial charge in [-0.15, -0.1) is 0 Å². The smallest absolute Gasteiger partial charge is 0.0683 e. The summed E-state index contributed by atoms with van der Waals surface area (Å²) in [7, 11) is 0. The molecule has 0 aromatic heterocycles. The minimum absolute atomic E-state index is 0.137. The molecule has 0 amide bonds. The zero-order valence-corrected chi connectivity index (χ0v) is 10.6. The normalized spacial score (nSPS) is 11.3. The van der Waals surface area contributed by atoms with Gasteiger partial charge < -0.3 is 5.32 Å². The van der Waals surface area contributed by atoms with Crippen LogP contribution in [0.4, 0.5) is 0 Å². The summed E-state index contributed by atoms with van der Waals surface area (Å²) >= 11 is 0. The van der Waals surface area contributed by atoms with Crippen molar-refractivity contribution in [3.63, 3.8) is 0 Å². The van der Waals surface area contributed by atoms with Crippen molar-refractivity contribution in [3.8, 4) is 6.07 Å². The molecule has 1 N–H and O–H groups in total. The average Bonchev–Trinajstić information content (AvgIpc) is 2.22. The molecule has 0 bridgehead atoms. The van der Waals surface area contributed by atoms with Crippen LogP contribution >= 0.6 is 0 Å². The quantitative estimate of drug-likeness (QED) is 0.591. The summed E-state index contributed by atoms with van der Waals surface area (Å²) < 4.78 is 0. The summed E-state index contributed by atoms with van der Waals surface area (Å²) in [6, 6.07) is 2.34. The molecule has 0 radical (unpaired) electrons. The van der Waals surface area contributed by atoms with E-state index in [0.717, 1.165) is 25.9 Å². The highest BCUT2D eigenvalue weighted by molar-refractivity contribution is 4.91. The van der Waals surface area contributed by atoms with Crippen molar-refractivity contribution in [1.29, 1.82) is 5.26 Å². The largest absolute Gasteiger partial charge is 0.317 e. The third-order valence-electron chi connectivity index (χ3n) is 2.67. The molecule has 0 saturated carbocycles. The molecule has 0 aliphatic rings. The number of nitrogens with zero attached hydrogens (tertiary/aromatic N) is 1. The molecular formula is C13H26N2. The van der Waals surface area contributed by atoms with Crippen molar-refractivity contribution >= 4 is 0 Å². The van der Waals surface area contributed by atoms with E-state index in [-0.39, 0.29) is 5.41 Å². The molecule has 2 heteroatoms. The van der Waals surface area contributed by atoms with Gasteiger partial charge in [0.05, 0.1) is 11.5 Å². The molecule has 2 nitrogen and oxygen atoms in total. The van der Waals surface area contributed by atoms with Crippen LogP contribution in [0, 0.1) is 16.7 Å². The van der Waals surface area contributed by atoms with E-state index in [9.17, 15) is 0 Å². The first-order valence-electron chi connectivity index (χ1n) is 6.24. The van der Waals surface area contributed by atoms with Crippen LogP contribution in [-0.4, -0.2) is 13.1 Å². The van der Waals surface area contributed by atoms with Crippen molar-refractivity contribution in [2.45, 2.75) is 59.3 Å². The van der Waals surface area contributed by atoms with Crippen LogP contribution < -0.4 is 5.32 Å². The highest BCUT2D eigenvalue weighted by Crippen LogP contribution is 2.21. The van der Waals surface area contributed by atoms with Crippen molar-refractivity contribution in [1.82, 2.24) is 5.32 Å². The van der Waals surface area contributed by atoms with Crippen LogP contribution in [-0.2, 0) is 0 Å². The highest BCUT2D eigenvalue weighted by atomic mass is 14.8. The van der Waals surface area contributed by atoms with Crippen molar-refractivity contribution in [3.05, 3.63) is 0 Å². The molecule has 88 valence electrons. The number of unbranched alkanes of at least 4 members (excludes halogenated alkanes) is 3. The van der Waals surface area contributed by atoms with Gasteiger partial charge in [-0.2, -0.15) is 5.26 Å². The molecule has 0 unspecified atom stereocenters. The fraction of sp³-hybridized carbons (Fsp3) is 0.923.